The van der Waals surface area contributed by atoms with Crippen molar-refractivity contribution in [2.45, 2.75) is 19.9 Å². The van der Waals surface area contributed by atoms with Crippen LogP contribution >= 0.6 is 12.4 Å². The van der Waals surface area contributed by atoms with Crippen LogP contribution in [0.5, 0.6) is 0 Å². The van der Waals surface area contributed by atoms with E-state index in [1.807, 2.05) is 31.2 Å². The fraction of sp³-hybridized carbons (Fsp3) is 0.250. The van der Waals surface area contributed by atoms with E-state index in [-0.39, 0.29) is 18.3 Å². The molecule has 0 unspecified atom stereocenters. The predicted molar refractivity (Wildman–Crippen MR) is 95.8 cm³/mol. The average molecular weight is 360 g/mol. The van der Waals surface area contributed by atoms with Gasteiger partial charge in [0.25, 0.3) is 5.91 Å². The largest absolute Gasteiger partial charge is 0.321 e. The van der Waals surface area contributed by atoms with Gasteiger partial charge in [0.15, 0.2) is 11.5 Å². The molecule has 130 valence electrons. The third kappa shape index (κ3) is 3.40. The fourth-order valence-corrected chi connectivity index (χ4v) is 2.81. The number of hydrogen-bond acceptors (Lipinski definition) is 5. The van der Waals surface area contributed by atoms with Crippen LogP contribution in [0.2, 0.25) is 0 Å². The van der Waals surface area contributed by atoms with E-state index in [0.29, 0.717) is 23.8 Å². The summed E-state index contributed by atoms with van der Waals surface area (Å²) in [5, 5.41) is 20.2. The number of anilines is 1. The number of nitrogens with one attached hydrogen (secondary N) is 4. The number of amides is 1. The molecule has 0 radical (unpaired) electrons. The van der Waals surface area contributed by atoms with E-state index in [1.165, 1.54) is 0 Å². The number of aromatic amines is 2. The molecular formula is C16H18ClN7O. The van der Waals surface area contributed by atoms with Crippen molar-refractivity contribution in [3.63, 3.8) is 0 Å². The maximum Gasteiger partial charge on any atom is 0.276 e. The number of nitrogens with zero attached hydrogens (tertiary/aromatic N) is 3. The Kier molecular flexibility index (Phi) is 4.82. The van der Waals surface area contributed by atoms with Crippen molar-refractivity contribution >= 4 is 24.0 Å². The van der Waals surface area contributed by atoms with Crippen LogP contribution in [0.1, 0.15) is 27.6 Å². The molecule has 4 N–H and O–H groups in total. The number of fused-ring (bicyclic) bond motifs is 1. The van der Waals surface area contributed by atoms with Crippen LogP contribution in [0.3, 0.4) is 0 Å². The number of hydrogen-bond donors (Lipinski definition) is 4. The highest BCUT2D eigenvalue weighted by Crippen LogP contribution is 2.21. The highest BCUT2D eigenvalue weighted by molar-refractivity contribution is 6.04. The van der Waals surface area contributed by atoms with Gasteiger partial charge in [0.2, 0.25) is 0 Å². The number of aryl methyl sites for hydroxylation is 1. The lowest BCUT2D eigenvalue weighted by molar-refractivity contribution is 0.102. The molecular weight excluding hydrogens is 342 g/mol. The molecule has 25 heavy (non-hydrogen) atoms. The summed E-state index contributed by atoms with van der Waals surface area (Å²) in [6, 6.07) is 7.44. The van der Waals surface area contributed by atoms with Crippen molar-refractivity contribution in [3.05, 3.63) is 47.0 Å². The molecule has 8 nitrogen and oxygen atoms in total. The molecule has 3 aromatic rings. The Morgan fingerprint density at radius 3 is 2.92 bits per heavy atom. The van der Waals surface area contributed by atoms with Crippen LogP contribution < -0.4 is 10.6 Å². The second-order valence-corrected chi connectivity index (χ2v) is 5.74. The van der Waals surface area contributed by atoms with Crippen LogP contribution in [0, 0.1) is 6.92 Å². The Hall–Kier alpha value is -2.71. The van der Waals surface area contributed by atoms with E-state index >= 15 is 0 Å². The van der Waals surface area contributed by atoms with E-state index < -0.39 is 0 Å². The molecule has 0 saturated carbocycles. The number of aromatic nitrogens is 5. The number of carbonyl (C=O) groups excluding carboxylic acids is 1. The first-order chi connectivity index (χ1) is 11.7. The Labute approximate surface area is 150 Å². The van der Waals surface area contributed by atoms with Crippen LogP contribution in [0.4, 0.5) is 5.69 Å². The Balaban J connectivity index is 0.00000182. The molecule has 2 aromatic heterocycles. The Bertz CT molecular complexity index is 902. The van der Waals surface area contributed by atoms with E-state index in [0.717, 1.165) is 35.6 Å². The molecule has 1 aromatic carbocycles. The summed E-state index contributed by atoms with van der Waals surface area (Å²) in [5.74, 6) is 1.12. The lowest BCUT2D eigenvalue weighted by Gasteiger charge is -2.13. The van der Waals surface area contributed by atoms with Crippen molar-refractivity contribution in [3.8, 4) is 11.4 Å². The number of benzene rings is 1. The van der Waals surface area contributed by atoms with Gasteiger partial charge in [-0.3, -0.25) is 15.0 Å². The number of carbonyl (C=O) groups is 1. The summed E-state index contributed by atoms with van der Waals surface area (Å²) in [4.78, 5) is 16.8. The number of H-pyrrole nitrogens is 2. The highest BCUT2D eigenvalue weighted by Gasteiger charge is 2.21. The molecule has 0 bridgehead atoms. The van der Waals surface area contributed by atoms with Gasteiger partial charge in [-0.05, 0) is 19.1 Å². The smallest absolute Gasteiger partial charge is 0.276 e. The maximum atomic E-state index is 12.5. The van der Waals surface area contributed by atoms with E-state index in [2.05, 4.69) is 36.0 Å². The first-order valence-corrected chi connectivity index (χ1v) is 7.78. The summed E-state index contributed by atoms with van der Waals surface area (Å²) in [7, 11) is 0. The summed E-state index contributed by atoms with van der Waals surface area (Å²) >= 11 is 0. The average Bonchev–Trinajstić information content (AvgIpc) is 3.21. The zero-order chi connectivity index (χ0) is 16.5. The van der Waals surface area contributed by atoms with Gasteiger partial charge in [0.1, 0.15) is 5.82 Å². The second kappa shape index (κ2) is 7.04. The van der Waals surface area contributed by atoms with Crippen molar-refractivity contribution in [1.82, 2.24) is 30.7 Å². The van der Waals surface area contributed by atoms with E-state index in [1.54, 1.807) is 0 Å². The molecule has 3 heterocycles. The van der Waals surface area contributed by atoms with Gasteiger partial charge in [-0.25, -0.2) is 4.98 Å². The molecule has 0 spiro atoms. The minimum atomic E-state index is -0.223. The quantitative estimate of drug-likeness (QED) is 0.570. The first kappa shape index (κ1) is 17.1. The van der Waals surface area contributed by atoms with Crippen molar-refractivity contribution in [2.24, 2.45) is 0 Å². The maximum absolute atomic E-state index is 12.5. The van der Waals surface area contributed by atoms with E-state index in [9.17, 15) is 4.79 Å². The molecule has 0 saturated heterocycles. The van der Waals surface area contributed by atoms with Crippen LogP contribution in [0.15, 0.2) is 24.3 Å². The monoisotopic (exact) mass is 359 g/mol. The van der Waals surface area contributed by atoms with Crippen LogP contribution in [-0.2, 0) is 13.0 Å². The minimum absolute atomic E-state index is 0. The second-order valence-electron chi connectivity index (χ2n) is 5.74. The lowest BCUT2D eigenvalue weighted by Crippen LogP contribution is -2.25. The van der Waals surface area contributed by atoms with Crippen LogP contribution in [0.25, 0.3) is 11.4 Å². The van der Waals surface area contributed by atoms with Gasteiger partial charge >= 0.3 is 0 Å². The zero-order valence-corrected chi connectivity index (χ0v) is 14.4. The van der Waals surface area contributed by atoms with Gasteiger partial charge < -0.3 is 10.6 Å². The number of rotatable bonds is 3. The van der Waals surface area contributed by atoms with Crippen molar-refractivity contribution in [2.75, 3.05) is 11.9 Å². The standard InChI is InChI=1S/C16H17N7O.ClH/c1-9-18-15(23-20-9)10-3-2-4-11(7-10)19-16(24)14-12-8-17-6-5-13(12)21-22-14;/h2-4,7,17H,5-6,8H2,1H3,(H,19,24)(H,21,22)(H,18,20,23);1H. The molecule has 1 aliphatic rings. The fourth-order valence-electron chi connectivity index (χ4n) is 2.81. The van der Waals surface area contributed by atoms with Gasteiger partial charge in [-0.1, -0.05) is 12.1 Å². The summed E-state index contributed by atoms with van der Waals surface area (Å²) in [6.45, 7) is 3.40. The Morgan fingerprint density at radius 1 is 1.24 bits per heavy atom. The number of halogens is 1. The SMILES string of the molecule is Cc1nc(-c2cccc(NC(=O)c3n[nH]c4c3CNCC4)c2)n[nH]1.Cl. The van der Waals surface area contributed by atoms with Gasteiger partial charge in [0.05, 0.1) is 0 Å². The summed E-state index contributed by atoms with van der Waals surface area (Å²) in [6.07, 6.45) is 0.856. The Morgan fingerprint density at radius 2 is 2.12 bits per heavy atom. The third-order valence-corrected chi connectivity index (χ3v) is 4.00. The first-order valence-electron chi connectivity index (χ1n) is 7.78. The van der Waals surface area contributed by atoms with Crippen LogP contribution in [-0.4, -0.2) is 37.8 Å². The summed E-state index contributed by atoms with van der Waals surface area (Å²) in [5.41, 5.74) is 3.93. The topological polar surface area (TPSA) is 111 Å². The predicted octanol–water partition coefficient (Wildman–Crippen LogP) is 1.82. The molecule has 0 aliphatic carbocycles. The van der Waals surface area contributed by atoms with Crippen molar-refractivity contribution in [1.29, 1.82) is 0 Å². The highest BCUT2D eigenvalue weighted by atomic mass is 35.5. The molecule has 4 rings (SSSR count). The van der Waals surface area contributed by atoms with Gasteiger partial charge in [0, 0.05) is 42.0 Å². The third-order valence-electron chi connectivity index (χ3n) is 4.00. The molecule has 1 aliphatic heterocycles. The van der Waals surface area contributed by atoms with Gasteiger partial charge in [-0.2, -0.15) is 10.2 Å². The van der Waals surface area contributed by atoms with Gasteiger partial charge in [-0.15, -0.1) is 12.4 Å². The lowest BCUT2D eigenvalue weighted by atomic mass is 10.1. The zero-order valence-electron chi connectivity index (χ0n) is 13.6. The van der Waals surface area contributed by atoms with Crippen molar-refractivity contribution < 1.29 is 4.79 Å². The summed E-state index contributed by atoms with van der Waals surface area (Å²) < 4.78 is 0. The van der Waals surface area contributed by atoms with E-state index in [4.69, 9.17) is 0 Å². The molecule has 0 fully saturated rings. The molecule has 0 atom stereocenters. The molecule has 9 heteroatoms. The molecule has 1 amide bonds. The minimum Gasteiger partial charge on any atom is -0.321 e. The normalized spacial score (nSPS) is 13.0.